The Kier molecular flexibility index (Phi) is 3.64. The van der Waals surface area contributed by atoms with Gasteiger partial charge in [-0.25, -0.2) is 8.42 Å². The summed E-state index contributed by atoms with van der Waals surface area (Å²) < 4.78 is 26.0. The number of hydrogen-bond donors (Lipinski definition) is 0. The molecule has 0 amide bonds. The molecular formula is C10H15N3O2S. The van der Waals surface area contributed by atoms with Crippen molar-refractivity contribution < 1.29 is 8.42 Å². The Balaban J connectivity index is 3.24. The number of rotatable bonds is 2. The van der Waals surface area contributed by atoms with Gasteiger partial charge in [-0.2, -0.15) is 0 Å². The lowest BCUT2D eigenvalue weighted by Crippen LogP contribution is -2.24. The largest absolute Gasteiger partial charge is 0.362 e. The molecule has 0 aliphatic rings. The van der Waals surface area contributed by atoms with Crippen LogP contribution in [0.2, 0.25) is 0 Å². The Morgan fingerprint density at radius 3 is 2.38 bits per heavy atom. The predicted molar refractivity (Wildman–Crippen MR) is 64.0 cm³/mol. The monoisotopic (exact) mass is 241 g/mol. The maximum Gasteiger partial charge on any atom is 0.252 e. The van der Waals surface area contributed by atoms with Gasteiger partial charge in [-0.3, -0.25) is 4.98 Å². The van der Waals surface area contributed by atoms with E-state index in [1.807, 2.05) is 13.0 Å². The third-order valence-corrected chi connectivity index (χ3v) is 2.35. The highest BCUT2D eigenvalue weighted by Crippen LogP contribution is 2.05. The lowest BCUT2D eigenvalue weighted by atomic mass is 10.2. The topological polar surface area (TPSA) is 62.6 Å². The lowest BCUT2D eigenvalue weighted by molar-refractivity contribution is 0.597. The number of sulfonamides is 1. The second-order valence-electron chi connectivity index (χ2n) is 3.73. The maximum atomic E-state index is 11.2. The summed E-state index contributed by atoms with van der Waals surface area (Å²) in [5.41, 5.74) is 1.56. The van der Waals surface area contributed by atoms with Crippen molar-refractivity contribution in [1.29, 1.82) is 0 Å². The van der Waals surface area contributed by atoms with Crippen LogP contribution in [0.3, 0.4) is 0 Å². The fourth-order valence-electron chi connectivity index (χ4n) is 1.15. The molecular weight excluding hydrogens is 226 g/mol. The van der Waals surface area contributed by atoms with Crippen LogP contribution < -0.4 is 0 Å². The number of amidine groups is 1. The molecule has 1 rings (SSSR count). The van der Waals surface area contributed by atoms with E-state index in [0.717, 1.165) is 11.9 Å². The van der Waals surface area contributed by atoms with E-state index in [0.29, 0.717) is 11.4 Å². The van der Waals surface area contributed by atoms with Crippen LogP contribution in [0.5, 0.6) is 0 Å². The van der Waals surface area contributed by atoms with Gasteiger partial charge in [0.2, 0.25) is 0 Å². The summed E-state index contributed by atoms with van der Waals surface area (Å²) in [6, 6.07) is 3.61. The zero-order chi connectivity index (χ0) is 12.3. The van der Waals surface area contributed by atoms with Crippen molar-refractivity contribution >= 4 is 15.9 Å². The Morgan fingerprint density at radius 2 is 2.00 bits per heavy atom. The number of nitrogens with zero attached hydrogens (tertiary/aromatic N) is 3. The Bertz CT molecular complexity index is 489. The smallest absolute Gasteiger partial charge is 0.252 e. The van der Waals surface area contributed by atoms with E-state index in [9.17, 15) is 8.42 Å². The maximum absolute atomic E-state index is 11.2. The molecule has 0 radical (unpaired) electrons. The van der Waals surface area contributed by atoms with E-state index < -0.39 is 10.0 Å². The molecule has 0 atom stereocenters. The number of pyridine rings is 1. The Morgan fingerprint density at radius 1 is 1.38 bits per heavy atom. The van der Waals surface area contributed by atoms with Gasteiger partial charge < -0.3 is 4.90 Å². The molecule has 0 unspecified atom stereocenters. The zero-order valence-corrected chi connectivity index (χ0v) is 10.6. The third-order valence-electron chi connectivity index (χ3n) is 1.85. The van der Waals surface area contributed by atoms with Crippen LogP contribution in [0.4, 0.5) is 0 Å². The standard InChI is InChI=1S/C10H15N3O2S/c1-8-5-6-9(7-11-8)10(13(2)3)12-16(4,14)15/h5-7H,1-4H3. The first-order valence-corrected chi connectivity index (χ1v) is 6.55. The zero-order valence-electron chi connectivity index (χ0n) is 9.80. The van der Waals surface area contributed by atoms with Crippen LogP contribution in [-0.4, -0.2) is 44.5 Å². The lowest BCUT2D eigenvalue weighted by Gasteiger charge is -2.15. The van der Waals surface area contributed by atoms with Crippen molar-refractivity contribution in [2.24, 2.45) is 4.40 Å². The molecule has 0 aromatic carbocycles. The summed E-state index contributed by atoms with van der Waals surface area (Å²) in [6.07, 6.45) is 2.68. The minimum atomic E-state index is -3.41. The molecule has 0 saturated heterocycles. The van der Waals surface area contributed by atoms with Crippen molar-refractivity contribution in [3.8, 4) is 0 Å². The van der Waals surface area contributed by atoms with Crippen LogP contribution in [0.25, 0.3) is 0 Å². The Labute approximate surface area is 95.9 Å². The number of aromatic nitrogens is 1. The summed E-state index contributed by atoms with van der Waals surface area (Å²) in [4.78, 5) is 5.76. The van der Waals surface area contributed by atoms with Crippen molar-refractivity contribution in [3.63, 3.8) is 0 Å². The van der Waals surface area contributed by atoms with Gasteiger partial charge in [0.1, 0.15) is 5.84 Å². The van der Waals surface area contributed by atoms with Gasteiger partial charge in [-0.05, 0) is 19.1 Å². The summed E-state index contributed by atoms with van der Waals surface area (Å²) in [7, 11) is 0.0718. The molecule has 0 aliphatic carbocycles. The van der Waals surface area contributed by atoms with Gasteiger partial charge in [-0.1, -0.05) is 0 Å². The molecule has 0 bridgehead atoms. The summed E-state index contributed by atoms with van der Waals surface area (Å²) in [5.74, 6) is 0.384. The summed E-state index contributed by atoms with van der Waals surface area (Å²) in [5, 5.41) is 0. The molecule has 1 aromatic heterocycles. The van der Waals surface area contributed by atoms with E-state index in [2.05, 4.69) is 9.38 Å². The summed E-state index contributed by atoms with van der Waals surface area (Å²) in [6.45, 7) is 1.87. The highest BCUT2D eigenvalue weighted by atomic mass is 32.2. The SMILES string of the molecule is Cc1ccc(C(=NS(C)(=O)=O)N(C)C)cn1. The molecule has 6 heteroatoms. The molecule has 0 aliphatic heterocycles. The van der Waals surface area contributed by atoms with E-state index in [4.69, 9.17) is 0 Å². The van der Waals surface area contributed by atoms with Gasteiger partial charge in [0.05, 0.1) is 6.26 Å². The minimum Gasteiger partial charge on any atom is -0.362 e. The Hall–Kier alpha value is -1.43. The molecule has 0 saturated carbocycles. The van der Waals surface area contributed by atoms with E-state index in [1.165, 1.54) is 0 Å². The fourth-order valence-corrected chi connectivity index (χ4v) is 1.73. The molecule has 5 nitrogen and oxygen atoms in total. The van der Waals surface area contributed by atoms with E-state index in [-0.39, 0.29) is 0 Å². The second-order valence-corrected chi connectivity index (χ2v) is 5.38. The van der Waals surface area contributed by atoms with Crippen molar-refractivity contribution in [2.75, 3.05) is 20.4 Å². The highest BCUT2D eigenvalue weighted by molar-refractivity contribution is 7.89. The van der Waals surface area contributed by atoms with Gasteiger partial charge in [0.25, 0.3) is 10.0 Å². The van der Waals surface area contributed by atoms with Crippen molar-refractivity contribution in [1.82, 2.24) is 9.88 Å². The third kappa shape index (κ3) is 3.62. The molecule has 0 fully saturated rings. The predicted octanol–water partition coefficient (Wildman–Crippen LogP) is 0.658. The second kappa shape index (κ2) is 4.61. The normalized spacial score (nSPS) is 12.6. The molecule has 88 valence electrons. The van der Waals surface area contributed by atoms with Gasteiger partial charge >= 0.3 is 0 Å². The van der Waals surface area contributed by atoms with Gasteiger partial charge in [0, 0.05) is 31.5 Å². The number of hydrogen-bond acceptors (Lipinski definition) is 3. The molecule has 0 N–H and O–H groups in total. The number of aryl methyl sites for hydroxylation is 1. The summed E-state index contributed by atoms with van der Waals surface area (Å²) >= 11 is 0. The fraction of sp³-hybridized carbons (Fsp3) is 0.400. The van der Waals surface area contributed by atoms with Gasteiger partial charge in [-0.15, -0.1) is 4.40 Å². The van der Waals surface area contributed by atoms with Crippen LogP contribution >= 0.6 is 0 Å². The quantitative estimate of drug-likeness (QED) is 0.563. The molecule has 1 heterocycles. The van der Waals surface area contributed by atoms with Gasteiger partial charge in [0.15, 0.2) is 0 Å². The van der Waals surface area contributed by atoms with Crippen LogP contribution in [-0.2, 0) is 10.0 Å². The molecule has 0 spiro atoms. The van der Waals surface area contributed by atoms with Crippen LogP contribution in [0, 0.1) is 6.92 Å². The van der Waals surface area contributed by atoms with Crippen LogP contribution in [0.15, 0.2) is 22.7 Å². The van der Waals surface area contributed by atoms with Crippen molar-refractivity contribution in [2.45, 2.75) is 6.92 Å². The average molecular weight is 241 g/mol. The van der Waals surface area contributed by atoms with Crippen LogP contribution in [0.1, 0.15) is 11.3 Å². The first-order valence-electron chi connectivity index (χ1n) is 4.70. The minimum absolute atomic E-state index is 0.384. The average Bonchev–Trinajstić information content (AvgIpc) is 2.14. The first kappa shape index (κ1) is 12.6. The first-order chi connectivity index (χ1) is 7.29. The molecule has 16 heavy (non-hydrogen) atoms. The van der Waals surface area contributed by atoms with Crippen molar-refractivity contribution in [3.05, 3.63) is 29.6 Å². The van der Waals surface area contributed by atoms with E-state index >= 15 is 0 Å². The highest BCUT2D eigenvalue weighted by Gasteiger charge is 2.09. The molecule has 1 aromatic rings. The van der Waals surface area contributed by atoms with E-state index in [1.54, 1.807) is 31.3 Å².